The van der Waals surface area contributed by atoms with Gasteiger partial charge in [-0.2, -0.15) is 15.0 Å². The molecule has 1 aliphatic rings. The topological polar surface area (TPSA) is 49.2 Å². The highest BCUT2D eigenvalue weighted by Gasteiger charge is 2.52. The average molecular weight is 309 g/mol. The molecule has 1 aromatic heterocycles. The minimum absolute atomic E-state index is 0.157. The molecule has 0 atom stereocenters. The van der Waals surface area contributed by atoms with E-state index < -0.39 is 24.7 Å². The zero-order valence-electron chi connectivity index (χ0n) is 13.2. The fraction of sp³-hybridized carbons (Fsp3) is 0.571. The van der Waals surface area contributed by atoms with Crippen molar-refractivity contribution in [3.05, 3.63) is 17.7 Å². The first-order valence-electron chi connectivity index (χ1n) is 7.09. The number of alkyl halides is 2. The first-order chi connectivity index (χ1) is 10.1. The van der Waals surface area contributed by atoms with Crippen molar-refractivity contribution in [1.82, 2.24) is 15.0 Å². The van der Waals surface area contributed by atoms with Crippen LogP contribution in [0.2, 0.25) is 0 Å². The minimum Gasteiger partial charge on any atom is -0.399 e. The molecule has 3 rings (SSSR count). The van der Waals surface area contributed by atoms with Crippen molar-refractivity contribution in [2.45, 2.75) is 45.3 Å². The molecule has 118 valence electrons. The third-order valence-corrected chi connectivity index (χ3v) is 4.40. The maximum Gasteiger partial charge on any atom is 0.494 e. The molecular weight excluding hydrogens is 291 g/mol. The lowest BCUT2D eigenvalue weighted by Crippen LogP contribution is -2.41. The lowest BCUT2D eigenvalue weighted by atomic mass is 9.78. The van der Waals surface area contributed by atoms with E-state index in [1.165, 1.54) is 10.9 Å². The highest BCUT2D eigenvalue weighted by atomic mass is 19.3. The SMILES string of the molecule is Cn1nc2cc(B3OC(C)(C)C(C)(C)O3)cc(C(F)F)c2n1. The largest absolute Gasteiger partial charge is 0.494 e. The Hall–Kier alpha value is -1.54. The summed E-state index contributed by atoms with van der Waals surface area (Å²) in [5.41, 5.74) is -0.0694. The van der Waals surface area contributed by atoms with Crippen LogP contribution in [0.25, 0.3) is 11.0 Å². The van der Waals surface area contributed by atoms with Gasteiger partial charge in [-0.05, 0) is 39.2 Å². The molecule has 2 heterocycles. The number of aryl methyl sites for hydroxylation is 1. The number of hydrogen-bond donors (Lipinski definition) is 0. The molecule has 0 bridgehead atoms. The molecule has 0 radical (unpaired) electrons. The summed E-state index contributed by atoms with van der Waals surface area (Å²) in [5.74, 6) is 0. The van der Waals surface area contributed by atoms with Crippen LogP contribution in [-0.2, 0) is 16.4 Å². The Balaban J connectivity index is 2.09. The molecule has 5 nitrogen and oxygen atoms in total. The molecule has 0 N–H and O–H groups in total. The van der Waals surface area contributed by atoms with Gasteiger partial charge in [-0.3, -0.25) is 0 Å². The van der Waals surface area contributed by atoms with Gasteiger partial charge < -0.3 is 9.31 Å². The lowest BCUT2D eigenvalue weighted by Gasteiger charge is -2.32. The summed E-state index contributed by atoms with van der Waals surface area (Å²) < 4.78 is 38.5. The smallest absolute Gasteiger partial charge is 0.399 e. The number of fused-ring (bicyclic) bond motifs is 1. The Morgan fingerprint density at radius 2 is 1.68 bits per heavy atom. The highest BCUT2D eigenvalue weighted by molar-refractivity contribution is 6.62. The van der Waals surface area contributed by atoms with Gasteiger partial charge in [0.1, 0.15) is 11.0 Å². The van der Waals surface area contributed by atoms with Crippen molar-refractivity contribution in [3.63, 3.8) is 0 Å². The second-order valence-corrected chi connectivity index (χ2v) is 6.56. The number of benzene rings is 1. The van der Waals surface area contributed by atoms with Gasteiger partial charge in [0.25, 0.3) is 6.43 Å². The van der Waals surface area contributed by atoms with Gasteiger partial charge in [-0.1, -0.05) is 6.07 Å². The quantitative estimate of drug-likeness (QED) is 0.798. The maximum absolute atomic E-state index is 13.3. The molecule has 1 fully saturated rings. The summed E-state index contributed by atoms with van der Waals surface area (Å²) in [6.07, 6.45) is -2.64. The third-order valence-electron chi connectivity index (χ3n) is 4.40. The molecule has 0 amide bonds. The van der Waals surface area contributed by atoms with Crippen LogP contribution in [0.4, 0.5) is 8.78 Å². The van der Waals surface area contributed by atoms with Crippen LogP contribution in [0, 0.1) is 0 Å². The monoisotopic (exact) mass is 309 g/mol. The predicted octanol–water partition coefficient (Wildman–Crippen LogP) is 2.21. The van der Waals surface area contributed by atoms with Crippen molar-refractivity contribution in [2.24, 2.45) is 7.05 Å². The van der Waals surface area contributed by atoms with E-state index in [0.29, 0.717) is 11.0 Å². The second-order valence-electron chi connectivity index (χ2n) is 6.56. The number of rotatable bonds is 2. The first-order valence-corrected chi connectivity index (χ1v) is 7.09. The van der Waals surface area contributed by atoms with E-state index in [2.05, 4.69) is 10.2 Å². The Morgan fingerprint density at radius 3 is 2.23 bits per heavy atom. The fourth-order valence-electron chi connectivity index (χ4n) is 2.45. The molecule has 0 spiro atoms. The summed E-state index contributed by atoms with van der Waals surface area (Å²) in [5, 5.41) is 8.13. The normalized spacial score (nSPS) is 20.3. The van der Waals surface area contributed by atoms with Crippen molar-refractivity contribution in [3.8, 4) is 0 Å². The molecule has 1 saturated heterocycles. The zero-order valence-corrected chi connectivity index (χ0v) is 13.2. The van der Waals surface area contributed by atoms with Gasteiger partial charge in [0.2, 0.25) is 0 Å². The number of hydrogen-bond acceptors (Lipinski definition) is 4. The van der Waals surface area contributed by atoms with E-state index in [9.17, 15) is 8.78 Å². The Labute approximate surface area is 127 Å². The van der Waals surface area contributed by atoms with E-state index in [1.54, 1.807) is 13.1 Å². The molecule has 0 aliphatic carbocycles. The maximum atomic E-state index is 13.3. The lowest BCUT2D eigenvalue weighted by molar-refractivity contribution is 0.00578. The first kappa shape index (κ1) is 15.4. The summed E-state index contributed by atoms with van der Waals surface area (Å²) in [7, 11) is 0.901. The van der Waals surface area contributed by atoms with Crippen molar-refractivity contribution in [2.75, 3.05) is 0 Å². The highest BCUT2D eigenvalue weighted by Crippen LogP contribution is 2.37. The molecule has 1 aliphatic heterocycles. The van der Waals surface area contributed by atoms with Crippen LogP contribution < -0.4 is 5.46 Å². The molecule has 0 saturated carbocycles. The van der Waals surface area contributed by atoms with E-state index in [1.807, 2.05) is 27.7 Å². The van der Waals surface area contributed by atoms with Gasteiger partial charge in [0, 0.05) is 12.6 Å². The number of nitrogens with zero attached hydrogens (tertiary/aromatic N) is 3. The average Bonchev–Trinajstić information content (AvgIpc) is 2.84. The van der Waals surface area contributed by atoms with Crippen LogP contribution in [0.3, 0.4) is 0 Å². The Morgan fingerprint density at radius 1 is 1.09 bits per heavy atom. The van der Waals surface area contributed by atoms with Crippen LogP contribution in [0.15, 0.2) is 12.1 Å². The van der Waals surface area contributed by atoms with Gasteiger partial charge in [-0.25, -0.2) is 8.78 Å². The zero-order chi connectivity index (χ0) is 16.3. The van der Waals surface area contributed by atoms with Gasteiger partial charge in [-0.15, -0.1) is 0 Å². The van der Waals surface area contributed by atoms with Gasteiger partial charge in [0.05, 0.1) is 11.2 Å². The summed E-state index contributed by atoms with van der Waals surface area (Å²) in [6.45, 7) is 7.67. The number of halogens is 2. The Bertz CT molecular complexity index is 714. The van der Waals surface area contributed by atoms with Crippen LogP contribution in [-0.4, -0.2) is 33.3 Å². The number of aromatic nitrogens is 3. The second kappa shape index (κ2) is 4.73. The van der Waals surface area contributed by atoms with E-state index in [0.717, 1.165) is 0 Å². The van der Waals surface area contributed by atoms with Crippen LogP contribution in [0.5, 0.6) is 0 Å². The predicted molar refractivity (Wildman–Crippen MR) is 79.2 cm³/mol. The molecule has 22 heavy (non-hydrogen) atoms. The molecule has 0 unspecified atom stereocenters. The third kappa shape index (κ3) is 2.30. The van der Waals surface area contributed by atoms with E-state index >= 15 is 0 Å². The summed E-state index contributed by atoms with van der Waals surface area (Å²) in [6, 6.07) is 3.08. The summed E-state index contributed by atoms with van der Waals surface area (Å²) in [4.78, 5) is 1.28. The molecule has 1 aromatic carbocycles. The molecule has 2 aromatic rings. The van der Waals surface area contributed by atoms with Crippen molar-refractivity contribution >= 4 is 23.6 Å². The molecule has 8 heteroatoms. The van der Waals surface area contributed by atoms with Crippen LogP contribution in [0.1, 0.15) is 39.7 Å². The van der Waals surface area contributed by atoms with Crippen LogP contribution >= 0.6 is 0 Å². The minimum atomic E-state index is -2.64. The van der Waals surface area contributed by atoms with Gasteiger partial charge in [0.15, 0.2) is 0 Å². The van der Waals surface area contributed by atoms with Crippen molar-refractivity contribution < 1.29 is 18.1 Å². The molecular formula is C14H18BF2N3O2. The fourth-order valence-corrected chi connectivity index (χ4v) is 2.45. The standard InChI is InChI=1S/C14H18BF2N3O2/c1-13(2)14(3,4)22-15(21-13)8-6-9(12(16)17)11-10(7-8)18-20(5)19-11/h6-7,12H,1-5H3. The van der Waals surface area contributed by atoms with Gasteiger partial charge >= 0.3 is 7.12 Å². The summed E-state index contributed by atoms with van der Waals surface area (Å²) >= 11 is 0. The van der Waals surface area contributed by atoms with E-state index in [-0.39, 0.29) is 11.1 Å². The van der Waals surface area contributed by atoms with Crippen molar-refractivity contribution in [1.29, 1.82) is 0 Å². The Kier molecular flexibility index (Phi) is 3.30. The van der Waals surface area contributed by atoms with E-state index in [4.69, 9.17) is 9.31 Å².